The fourth-order valence-electron chi connectivity index (χ4n) is 1.97. The van der Waals surface area contributed by atoms with Gasteiger partial charge in [0.2, 0.25) is 0 Å². The van der Waals surface area contributed by atoms with Crippen LogP contribution in [0.4, 0.5) is 5.69 Å². The molecule has 1 heterocycles. The summed E-state index contributed by atoms with van der Waals surface area (Å²) in [5, 5.41) is 3.55. The second-order valence-corrected chi connectivity index (χ2v) is 4.33. The Balaban J connectivity index is 2.08. The van der Waals surface area contributed by atoms with Crippen molar-refractivity contribution in [2.24, 2.45) is 0 Å². The summed E-state index contributed by atoms with van der Waals surface area (Å²) in [6.07, 6.45) is 6.54. The van der Waals surface area contributed by atoms with Crippen LogP contribution in [0.2, 0.25) is 0 Å². The summed E-state index contributed by atoms with van der Waals surface area (Å²) < 4.78 is 0. The number of aromatic nitrogens is 1. The van der Waals surface area contributed by atoms with Crippen LogP contribution in [0.15, 0.2) is 18.5 Å². The topological polar surface area (TPSA) is 28.2 Å². The normalized spacial score (nSPS) is 15.1. The highest BCUT2D eigenvalue weighted by atomic mass is 15.1. The van der Waals surface area contributed by atoms with Crippen molar-refractivity contribution in [3.8, 4) is 0 Å². The van der Waals surface area contributed by atoms with Gasteiger partial charge in [0, 0.05) is 49.3 Å². The average molecular weight is 219 g/mol. The molecule has 1 aromatic heterocycles. The van der Waals surface area contributed by atoms with Crippen LogP contribution in [0.1, 0.15) is 32.3 Å². The molecule has 0 amide bonds. The van der Waals surface area contributed by atoms with Crippen molar-refractivity contribution in [1.82, 2.24) is 10.3 Å². The Morgan fingerprint density at radius 2 is 2.12 bits per heavy atom. The number of pyridine rings is 1. The van der Waals surface area contributed by atoms with Crippen molar-refractivity contribution in [3.05, 3.63) is 24.0 Å². The third-order valence-electron chi connectivity index (χ3n) is 3.14. The Hall–Kier alpha value is -1.09. The minimum absolute atomic E-state index is 0.754. The summed E-state index contributed by atoms with van der Waals surface area (Å²) in [7, 11) is 0. The van der Waals surface area contributed by atoms with Crippen LogP contribution in [0.25, 0.3) is 0 Å². The van der Waals surface area contributed by atoms with E-state index in [9.17, 15) is 0 Å². The molecule has 1 aliphatic rings. The SMILES string of the molecule is CCN(CC)c1ccncc1CNC1CC1. The maximum Gasteiger partial charge on any atom is 0.0442 e. The lowest BCUT2D eigenvalue weighted by Gasteiger charge is -2.23. The molecule has 1 fully saturated rings. The quantitative estimate of drug-likeness (QED) is 0.795. The van der Waals surface area contributed by atoms with Crippen molar-refractivity contribution in [1.29, 1.82) is 0 Å². The first-order chi connectivity index (χ1) is 7.85. The van der Waals surface area contributed by atoms with Crippen molar-refractivity contribution in [2.45, 2.75) is 39.3 Å². The third kappa shape index (κ3) is 2.73. The Bertz CT molecular complexity index is 330. The van der Waals surface area contributed by atoms with Gasteiger partial charge in [0.15, 0.2) is 0 Å². The maximum absolute atomic E-state index is 4.23. The van der Waals surface area contributed by atoms with E-state index >= 15 is 0 Å². The van der Waals surface area contributed by atoms with Gasteiger partial charge in [0.1, 0.15) is 0 Å². The monoisotopic (exact) mass is 219 g/mol. The summed E-state index contributed by atoms with van der Waals surface area (Å²) in [4.78, 5) is 6.61. The number of hydrogen-bond acceptors (Lipinski definition) is 3. The molecule has 3 heteroatoms. The molecular weight excluding hydrogens is 198 g/mol. The molecule has 2 rings (SSSR count). The maximum atomic E-state index is 4.23. The van der Waals surface area contributed by atoms with Gasteiger partial charge in [-0.3, -0.25) is 4.98 Å². The molecule has 16 heavy (non-hydrogen) atoms. The summed E-state index contributed by atoms with van der Waals surface area (Å²) in [6.45, 7) is 7.45. The molecule has 0 unspecified atom stereocenters. The van der Waals surface area contributed by atoms with Gasteiger partial charge in [0.05, 0.1) is 0 Å². The summed E-state index contributed by atoms with van der Waals surface area (Å²) >= 11 is 0. The van der Waals surface area contributed by atoms with Crippen molar-refractivity contribution in [3.63, 3.8) is 0 Å². The van der Waals surface area contributed by atoms with Crippen LogP contribution in [0, 0.1) is 0 Å². The summed E-state index contributed by atoms with van der Waals surface area (Å²) in [6, 6.07) is 2.88. The predicted molar refractivity (Wildman–Crippen MR) is 67.7 cm³/mol. The molecule has 1 aromatic rings. The molecule has 1 saturated carbocycles. The molecule has 0 spiro atoms. The highest BCUT2D eigenvalue weighted by molar-refractivity contribution is 5.52. The fraction of sp³-hybridized carbons (Fsp3) is 0.615. The fourth-order valence-corrected chi connectivity index (χ4v) is 1.97. The van der Waals surface area contributed by atoms with Crippen LogP contribution >= 0.6 is 0 Å². The lowest BCUT2D eigenvalue weighted by atomic mass is 10.2. The third-order valence-corrected chi connectivity index (χ3v) is 3.14. The lowest BCUT2D eigenvalue weighted by molar-refractivity contribution is 0.682. The van der Waals surface area contributed by atoms with Crippen molar-refractivity contribution >= 4 is 5.69 Å². The number of nitrogens with one attached hydrogen (secondary N) is 1. The van der Waals surface area contributed by atoms with Crippen molar-refractivity contribution < 1.29 is 0 Å². The summed E-state index contributed by atoms with van der Waals surface area (Å²) in [5.41, 5.74) is 2.64. The Labute approximate surface area is 97.9 Å². The molecular formula is C13H21N3. The smallest absolute Gasteiger partial charge is 0.0442 e. The van der Waals surface area contributed by atoms with Gasteiger partial charge in [-0.2, -0.15) is 0 Å². The van der Waals surface area contributed by atoms with Crippen LogP contribution < -0.4 is 10.2 Å². The zero-order valence-electron chi connectivity index (χ0n) is 10.2. The van der Waals surface area contributed by atoms with Crippen LogP contribution in [-0.4, -0.2) is 24.1 Å². The van der Waals surface area contributed by atoms with Gasteiger partial charge in [-0.05, 0) is 32.8 Å². The van der Waals surface area contributed by atoms with Crippen LogP contribution in [-0.2, 0) is 6.54 Å². The zero-order chi connectivity index (χ0) is 11.4. The summed E-state index contributed by atoms with van der Waals surface area (Å²) in [5.74, 6) is 0. The first-order valence-corrected chi connectivity index (χ1v) is 6.26. The van der Waals surface area contributed by atoms with E-state index in [-0.39, 0.29) is 0 Å². The van der Waals surface area contributed by atoms with E-state index in [1.807, 2.05) is 12.4 Å². The molecule has 3 nitrogen and oxygen atoms in total. The molecule has 0 atom stereocenters. The van der Waals surface area contributed by atoms with E-state index < -0.39 is 0 Å². The van der Waals surface area contributed by atoms with E-state index in [4.69, 9.17) is 0 Å². The van der Waals surface area contributed by atoms with Crippen LogP contribution in [0.3, 0.4) is 0 Å². The second kappa shape index (κ2) is 5.30. The molecule has 88 valence electrons. The largest absolute Gasteiger partial charge is 0.372 e. The molecule has 1 aliphatic carbocycles. The first kappa shape index (κ1) is 11.4. The Kier molecular flexibility index (Phi) is 3.78. The minimum Gasteiger partial charge on any atom is -0.372 e. The van der Waals surface area contributed by atoms with Crippen molar-refractivity contribution in [2.75, 3.05) is 18.0 Å². The highest BCUT2D eigenvalue weighted by Crippen LogP contribution is 2.22. The van der Waals surface area contributed by atoms with E-state index in [1.165, 1.54) is 24.1 Å². The van der Waals surface area contributed by atoms with Crippen LogP contribution in [0.5, 0.6) is 0 Å². The average Bonchev–Trinajstić information content (AvgIpc) is 3.13. The van der Waals surface area contributed by atoms with Gasteiger partial charge in [0.25, 0.3) is 0 Å². The molecule has 1 N–H and O–H groups in total. The van der Waals surface area contributed by atoms with Gasteiger partial charge in [-0.1, -0.05) is 0 Å². The Morgan fingerprint density at radius 1 is 1.38 bits per heavy atom. The van der Waals surface area contributed by atoms with Gasteiger partial charge in [-0.25, -0.2) is 0 Å². The molecule has 0 bridgehead atoms. The van der Waals surface area contributed by atoms with Gasteiger partial charge < -0.3 is 10.2 Å². The van der Waals surface area contributed by atoms with Gasteiger partial charge in [-0.15, -0.1) is 0 Å². The molecule has 0 aliphatic heterocycles. The van der Waals surface area contributed by atoms with E-state index in [0.29, 0.717) is 0 Å². The molecule has 0 saturated heterocycles. The minimum atomic E-state index is 0.754. The second-order valence-electron chi connectivity index (χ2n) is 4.33. The highest BCUT2D eigenvalue weighted by Gasteiger charge is 2.20. The first-order valence-electron chi connectivity index (χ1n) is 6.26. The van der Waals surface area contributed by atoms with Gasteiger partial charge >= 0.3 is 0 Å². The Morgan fingerprint density at radius 3 is 2.75 bits per heavy atom. The molecule has 0 radical (unpaired) electrons. The van der Waals surface area contributed by atoms with E-state index in [2.05, 4.69) is 35.1 Å². The van der Waals surface area contributed by atoms with E-state index in [1.54, 1.807) is 0 Å². The molecule has 0 aromatic carbocycles. The van der Waals surface area contributed by atoms with E-state index in [0.717, 1.165) is 25.7 Å². The number of anilines is 1. The zero-order valence-corrected chi connectivity index (χ0v) is 10.2. The standard InChI is InChI=1S/C13H21N3/c1-3-16(4-2)13-7-8-14-9-11(13)10-15-12-5-6-12/h7-9,12,15H,3-6,10H2,1-2H3. The lowest BCUT2D eigenvalue weighted by Crippen LogP contribution is -2.25. The predicted octanol–water partition coefficient (Wildman–Crippen LogP) is 2.18. The number of hydrogen-bond donors (Lipinski definition) is 1. The number of nitrogens with zero attached hydrogens (tertiary/aromatic N) is 2. The number of rotatable bonds is 6.